The van der Waals surface area contributed by atoms with Crippen LogP contribution < -0.4 is 0 Å². The second-order valence-electron chi connectivity index (χ2n) is 3.78. The summed E-state index contributed by atoms with van der Waals surface area (Å²) in [5, 5.41) is 0. The Morgan fingerprint density at radius 2 is 1.19 bits per heavy atom. The van der Waals surface area contributed by atoms with Crippen LogP contribution in [0.4, 0.5) is 0 Å². The Bertz CT molecular complexity index is 129. The van der Waals surface area contributed by atoms with Crippen LogP contribution in [0.3, 0.4) is 0 Å². The van der Waals surface area contributed by atoms with Crippen LogP contribution in [0.1, 0.15) is 26.7 Å². The third kappa shape index (κ3) is 10.6. The molecule has 0 radical (unpaired) electrons. The van der Waals surface area contributed by atoms with Gasteiger partial charge in [0.1, 0.15) is 0 Å². The number of hydrogen-bond acceptors (Lipinski definition) is 4. The third-order valence-corrected chi connectivity index (χ3v) is 4.55. The number of nitrogens with zero attached hydrogens (tertiary/aromatic N) is 1. The summed E-state index contributed by atoms with van der Waals surface area (Å²) in [5.74, 6) is 0. The summed E-state index contributed by atoms with van der Waals surface area (Å²) in [4.78, 5) is 2.36. The Labute approximate surface area is 102 Å². The predicted octanol–water partition coefficient (Wildman–Crippen LogP) is 2.23. The van der Waals surface area contributed by atoms with Gasteiger partial charge in [0.25, 0.3) is 0 Å². The van der Waals surface area contributed by atoms with Gasteiger partial charge in [-0.3, -0.25) is 0 Å². The summed E-state index contributed by atoms with van der Waals surface area (Å²) in [5.41, 5.74) is 0. The highest BCUT2D eigenvalue weighted by Crippen LogP contribution is 2.02. The minimum atomic E-state index is -2.17. The fourth-order valence-electron chi connectivity index (χ4n) is 1.13. The normalized spacial score (nSPS) is 11.2. The fraction of sp³-hybridized carbons (Fsp3) is 1.00. The van der Waals surface area contributed by atoms with Crippen LogP contribution in [-0.4, -0.2) is 55.2 Å². The van der Waals surface area contributed by atoms with Gasteiger partial charge in [0, 0.05) is 27.9 Å². The Hall–Kier alpha value is 0.0569. The monoisotopic (exact) mass is 251 g/mol. The van der Waals surface area contributed by atoms with Crippen molar-refractivity contribution in [2.75, 3.05) is 41.5 Å². The smallest absolute Gasteiger partial charge is 0.377 e. The molecule has 0 aliphatic rings. The topological polar surface area (TPSA) is 30.9 Å². The van der Waals surface area contributed by atoms with E-state index in [0.29, 0.717) is 0 Å². The van der Waals surface area contributed by atoms with E-state index in [4.69, 9.17) is 13.3 Å². The average Bonchev–Trinajstić information content (AvgIpc) is 2.30. The quantitative estimate of drug-likeness (QED) is 0.649. The van der Waals surface area contributed by atoms with Gasteiger partial charge in [0.2, 0.25) is 0 Å². The van der Waals surface area contributed by atoms with Crippen molar-refractivity contribution in [3.05, 3.63) is 0 Å². The fourth-order valence-corrected chi connectivity index (χ4v) is 1.63. The first kappa shape index (κ1) is 18.4. The van der Waals surface area contributed by atoms with Crippen molar-refractivity contribution >= 4 is 8.80 Å². The lowest BCUT2D eigenvalue weighted by Gasteiger charge is -2.18. The maximum Gasteiger partial charge on any atom is 0.496 e. The van der Waals surface area contributed by atoms with Crippen LogP contribution in [0.2, 0.25) is 6.55 Å². The van der Waals surface area contributed by atoms with Crippen molar-refractivity contribution in [3.63, 3.8) is 0 Å². The zero-order valence-corrected chi connectivity index (χ0v) is 13.0. The van der Waals surface area contributed by atoms with Crippen LogP contribution >= 0.6 is 0 Å². The first-order chi connectivity index (χ1) is 7.49. The van der Waals surface area contributed by atoms with Gasteiger partial charge in [-0.15, -0.1) is 0 Å². The Balaban J connectivity index is 0. The minimum absolute atomic E-state index is 1.24. The number of rotatable bonds is 7. The van der Waals surface area contributed by atoms with Crippen LogP contribution in [0.15, 0.2) is 0 Å². The van der Waals surface area contributed by atoms with Crippen LogP contribution in [-0.2, 0) is 13.3 Å². The second kappa shape index (κ2) is 11.5. The van der Waals surface area contributed by atoms with Gasteiger partial charge in [0.15, 0.2) is 0 Å². The maximum atomic E-state index is 4.93. The van der Waals surface area contributed by atoms with E-state index in [9.17, 15) is 0 Å². The van der Waals surface area contributed by atoms with Crippen molar-refractivity contribution in [2.45, 2.75) is 33.2 Å². The highest BCUT2D eigenvalue weighted by atomic mass is 28.4. The molecule has 16 heavy (non-hydrogen) atoms. The van der Waals surface area contributed by atoms with E-state index in [2.05, 4.69) is 25.8 Å². The predicted molar refractivity (Wildman–Crippen MR) is 70.7 cm³/mol. The van der Waals surface area contributed by atoms with E-state index in [0.717, 1.165) is 0 Å². The van der Waals surface area contributed by atoms with E-state index in [1.54, 1.807) is 21.3 Å². The molecule has 0 saturated heterocycles. The zero-order chi connectivity index (χ0) is 13.0. The summed E-state index contributed by atoms with van der Waals surface area (Å²) >= 11 is 0. The van der Waals surface area contributed by atoms with Gasteiger partial charge in [-0.05, 0) is 33.0 Å². The molecule has 0 amide bonds. The lowest BCUT2D eigenvalue weighted by atomic mass is 10.4. The van der Waals surface area contributed by atoms with Crippen LogP contribution in [0.25, 0.3) is 0 Å². The molecule has 0 unspecified atom stereocenters. The standard InChI is InChI=1S/C7H17N.C4H12O3Si/c1-4-6-8(3)7-5-2;1-5-8(4,6-2)7-3/h4-7H2,1-3H3;1-4H3. The summed E-state index contributed by atoms with van der Waals surface area (Å²) in [6, 6.07) is 0. The van der Waals surface area contributed by atoms with Crippen LogP contribution in [0.5, 0.6) is 0 Å². The molecule has 0 aliphatic carbocycles. The maximum absolute atomic E-state index is 4.93. The first-order valence-electron chi connectivity index (χ1n) is 5.83. The third-order valence-electron chi connectivity index (χ3n) is 2.32. The Kier molecular flexibility index (Phi) is 13.3. The largest absolute Gasteiger partial charge is 0.496 e. The molecule has 0 N–H and O–H groups in total. The highest BCUT2D eigenvalue weighted by Gasteiger charge is 2.29. The molecule has 100 valence electrons. The van der Waals surface area contributed by atoms with Crippen molar-refractivity contribution in [2.24, 2.45) is 0 Å². The summed E-state index contributed by atoms with van der Waals surface area (Å²) in [6.07, 6.45) is 2.55. The van der Waals surface area contributed by atoms with Crippen LogP contribution in [0, 0.1) is 0 Å². The van der Waals surface area contributed by atoms with Gasteiger partial charge in [-0.2, -0.15) is 0 Å². The lowest BCUT2D eigenvalue weighted by molar-refractivity contribution is 0.132. The molecule has 0 aliphatic heterocycles. The molecule has 0 rings (SSSR count). The Morgan fingerprint density at radius 1 is 0.875 bits per heavy atom. The molecule has 0 aromatic carbocycles. The van der Waals surface area contributed by atoms with Gasteiger partial charge < -0.3 is 18.2 Å². The summed E-state index contributed by atoms with van der Waals surface area (Å²) < 4.78 is 14.8. The van der Waals surface area contributed by atoms with Crippen molar-refractivity contribution < 1.29 is 13.3 Å². The lowest BCUT2D eigenvalue weighted by Crippen LogP contribution is -2.38. The SMILES string of the molecule is CCCN(C)CCC.CO[Si](C)(OC)OC. The molecule has 5 heteroatoms. The van der Waals surface area contributed by atoms with Crippen molar-refractivity contribution in [1.29, 1.82) is 0 Å². The zero-order valence-electron chi connectivity index (χ0n) is 12.0. The first-order valence-corrected chi connectivity index (χ1v) is 8.06. The van der Waals surface area contributed by atoms with E-state index >= 15 is 0 Å². The molecule has 0 fully saturated rings. The number of hydrogen-bond donors (Lipinski definition) is 0. The van der Waals surface area contributed by atoms with Crippen molar-refractivity contribution in [1.82, 2.24) is 4.90 Å². The second-order valence-corrected chi connectivity index (χ2v) is 6.73. The average molecular weight is 251 g/mol. The van der Waals surface area contributed by atoms with Gasteiger partial charge in [-0.1, -0.05) is 13.8 Å². The molecule has 0 saturated carbocycles. The van der Waals surface area contributed by atoms with Gasteiger partial charge >= 0.3 is 8.80 Å². The molecule has 0 heterocycles. The van der Waals surface area contributed by atoms with Crippen molar-refractivity contribution in [3.8, 4) is 0 Å². The molecule has 0 aromatic rings. The molecule has 4 nitrogen and oxygen atoms in total. The summed E-state index contributed by atoms with van der Waals surface area (Å²) in [7, 11) is 4.75. The molecule has 0 atom stereocenters. The van der Waals surface area contributed by atoms with E-state index < -0.39 is 8.80 Å². The minimum Gasteiger partial charge on any atom is -0.377 e. The summed E-state index contributed by atoms with van der Waals surface area (Å²) in [6.45, 7) is 8.74. The molecule has 0 spiro atoms. The Morgan fingerprint density at radius 3 is 1.31 bits per heavy atom. The molecule has 0 aromatic heterocycles. The molecular formula is C11H29NO3Si. The highest BCUT2D eigenvalue weighted by molar-refractivity contribution is 6.58. The van der Waals surface area contributed by atoms with Gasteiger partial charge in [-0.25, -0.2) is 0 Å². The molecule has 0 bridgehead atoms. The molecular weight excluding hydrogens is 222 g/mol. The van der Waals surface area contributed by atoms with Gasteiger partial charge in [0.05, 0.1) is 0 Å². The van der Waals surface area contributed by atoms with E-state index in [1.807, 2.05) is 6.55 Å². The van der Waals surface area contributed by atoms with E-state index in [1.165, 1.54) is 25.9 Å². The van der Waals surface area contributed by atoms with E-state index in [-0.39, 0.29) is 0 Å².